The number of hydrogen-bond acceptors (Lipinski definition) is 4. The Morgan fingerprint density at radius 1 is 1.50 bits per heavy atom. The van der Waals surface area contributed by atoms with Crippen molar-refractivity contribution in [3.05, 3.63) is 12.2 Å². The molecule has 2 unspecified atom stereocenters. The average molecular weight is 252 g/mol. The number of carbonyl (C=O) groups is 1. The standard InChI is InChI=1S/C14H24N2O2/c1-13(2,3)18-12(17)8-7-11(15-5)14(4)9-6-10-16-14/h6,9-11,15H,7-8H2,1-5H3. The summed E-state index contributed by atoms with van der Waals surface area (Å²) in [5.41, 5.74) is -0.668. The molecule has 102 valence electrons. The SMILES string of the molecule is CNC(CCC(=O)OC(C)(C)C)C1(C)C=CC=N1. The lowest BCUT2D eigenvalue weighted by Crippen LogP contribution is -2.44. The fourth-order valence-electron chi connectivity index (χ4n) is 2.07. The van der Waals surface area contributed by atoms with Crippen LogP contribution in [0.5, 0.6) is 0 Å². The Hall–Kier alpha value is -1.16. The molecule has 0 amide bonds. The molecule has 0 aromatic rings. The van der Waals surface area contributed by atoms with E-state index in [1.807, 2.05) is 33.9 Å². The van der Waals surface area contributed by atoms with Crippen LogP contribution >= 0.6 is 0 Å². The number of esters is 1. The fourth-order valence-corrected chi connectivity index (χ4v) is 2.07. The molecule has 2 atom stereocenters. The molecule has 0 saturated carbocycles. The lowest BCUT2D eigenvalue weighted by atomic mass is 9.90. The van der Waals surface area contributed by atoms with Crippen molar-refractivity contribution < 1.29 is 9.53 Å². The Morgan fingerprint density at radius 3 is 2.61 bits per heavy atom. The summed E-state index contributed by atoms with van der Waals surface area (Å²) in [4.78, 5) is 16.1. The molecule has 0 radical (unpaired) electrons. The Kier molecular flexibility index (Phi) is 4.68. The maximum Gasteiger partial charge on any atom is 0.306 e. The molecule has 1 heterocycles. The number of likely N-dealkylation sites (N-methyl/N-ethyl adjacent to an activating group) is 1. The fraction of sp³-hybridized carbons (Fsp3) is 0.714. The maximum atomic E-state index is 11.7. The van der Waals surface area contributed by atoms with E-state index in [9.17, 15) is 4.79 Å². The molecule has 0 bridgehead atoms. The van der Waals surface area contributed by atoms with Crippen LogP contribution in [0.15, 0.2) is 17.1 Å². The molecule has 1 aliphatic heterocycles. The third-order valence-corrected chi connectivity index (χ3v) is 2.98. The van der Waals surface area contributed by atoms with E-state index >= 15 is 0 Å². The van der Waals surface area contributed by atoms with Gasteiger partial charge in [-0.25, -0.2) is 0 Å². The zero-order valence-corrected chi connectivity index (χ0v) is 12.0. The van der Waals surface area contributed by atoms with E-state index in [0.717, 1.165) is 0 Å². The normalized spacial score (nSPS) is 24.3. The number of carbonyl (C=O) groups excluding carboxylic acids is 1. The second kappa shape index (κ2) is 5.65. The van der Waals surface area contributed by atoms with Crippen LogP contribution in [0.1, 0.15) is 40.5 Å². The van der Waals surface area contributed by atoms with Crippen LogP contribution in [-0.2, 0) is 9.53 Å². The molecule has 0 spiro atoms. The number of ether oxygens (including phenoxy) is 1. The number of allylic oxidation sites excluding steroid dienone is 1. The first-order valence-electron chi connectivity index (χ1n) is 6.39. The van der Waals surface area contributed by atoms with Gasteiger partial charge in [0, 0.05) is 18.7 Å². The van der Waals surface area contributed by atoms with Gasteiger partial charge in [0.15, 0.2) is 0 Å². The number of rotatable bonds is 5. The molecule has 0 aromatic carbocycles. The highest BCUT2D eigenvalue weighted by molar-refractivity contribution is 5.75. The topological polar surface area (TPSA) is 50.7 Å². The van der Waals surface area contributed by atoms with Crippen LogP contribution in [0.3, 0.4) is 0 Å². The van der Waals surface area contributed by atoms with Gasteiger partial charge in [-0.05, 0) is 47.2 Å². The molecule has 4 nitrogen and oxygen atoms in total. The number of aliphatic imine (C=N–C) groups is 1. The Morgan fingerprint density at radius 2 is 2.17 bits per heavy atom. The van der Waals surface area contributed by atoms with Gasteiger partial charge in [0.05, 0.1) is 5.54 Å². The Bertz CT molecular complexity index is 341. The molecule has 18 heavy (non-hydrogen) atoms. The largest absolute Gasteiger partial charge is 0.460 e. The number of nitrogens with one attached hydrogen (secondary N) is 1. The maximum absolute atomic E-state index is 11.7. The summed E-state index contributed by atoms with van der Waals surface area (Å²) in [5.74, 6) is -0.155. The van der Waals surface area contributed by atoms with Crippen molar-refractivity contribution in [2.75, 3.05) is 7.05 Å². The van der Waals surface area contributed by atoms with Crippen molar-refractivity contribution in [3.63, 3.8) is 0 Å². The van der Waals surface area contributed by atoms with Crippen molar-refractivity contribution in [3.8, 4) is 0 Å². The lowest BCUT2D eigenvalue weighted by molar-refractivity contribution is -0.155. The Balaban J connectivity index is 2.48. The van der Waals surface area contributed by atoms with Crippen molar-refractivity contribution in [2.45, 2.75) is 57.7 Å². The number of hydrogen-bond donors (Lipinski definition) is 1. The molecule has 0 aliphatic carbocycles. The van der Waals surface area contributed by atoms with Crippen LogP contribution in [0.25, 0.3) is 0 Å². The van der Waals surface area contributed by atoms with E-state index in [2.05, 4.69) is 23.3 Å². The monoisotopic (exact) mass is 252 g/mol. The van der Waals surface area contributed by atoms with Crippen molar-refractivity contribution in [1.82, 2.24) is 5.32 Å². The van der Waals surface area contributed by atoms with Gasteiger partial charge in [-0.2, -0.15) is 0 Å². The summed E-state index contributed by atoms with van der Waals surface area (Å²) in [7, 11) is 1.90. The molecule has 0 saturated heterocycles. The predicted octanol–water partition coefficient (Wildman–Crippen LogP) is 2.10. The first kappa shape index (κ1) is 14.9. The third kappa shape index (κ3) is 4.26. The molecule has 1 rings (SSSR count). The summed E-state index contributed by atoms with van der Waals surface area (Å²) < 4.78 is 5.31. The van der Waals surface area contributed by atoms with Crippen LogP contribution in [0, 0.1) is 0 Å². The van der Waals surface area contributed by atoms with Gasteiger partial charge in [0.2, 0.25) is 0 Å². The minimum absolute atomic E-state index is 0.139. The van der Waals surface area contributed by atoms with Gasteiger partial charge >= 0.3 is 5.97 Å². The summed E-state index contributed by atoms with van der Waals surface area (Å²) in [5, 5.41) is 3.23. The first-order chi connectivity index (χ1) is 8.27. The second-order valence-corrected chi connectivity index (χ2v) is 5.83. The highest BCUT2D eigenvalue weighted by Crippen LogP contribution is 2.24. The second-order valence-electron chi connectivity index (χ2n) is 5.83. The quantitative estimate of drug-likeness (QED) is 0.762. The number of nitrogens with zero attached hydrogens (tertiary/aromatic N) is 1. The summed E-state index contributed by atoms with van der Waals surface area (Å²) >= 11 is 0. The molecular weight excluding hydrogens is 228 g/mol. The highest BCUT2D eigenvalue weighted by Gasteiger charge is 2.32. The van der Waals surface area contributed by atoms with E-state index in [4.69, 9.17) is 4.74 Å². The van der Waals surface area contributed by atoms with E-state index in [1.54, 1.807) is 6.21 Å². The van der Waals surface area contributed by atoms with E-state index < -0.39 is 5.60 Å². The van der Waals surface area contributed by atoms with Gasteiger partial charge in [0.25, 0.3) is 0 Å². The summed E-state index contributed by atoms with van der Waals surface area (Å²) in [6, 6.07) is 0.139. The van der Waals surface area contributed by atoms with Gasteiger partial charge in [-0.15, -0.1) is 0 Å². The minimum Gasteiger partial charge on any atom is -0.460 e. The zero-order valence-electron chi connectivity index (χ0n) is 12.0. The van der Waals surface area contributed by atoms with Crippen molar-refractivity contribution in [1.29, 1.82) is 0 Å². The molecule has 4 heteroatoms. The zero-order chi connectivity index (χ0) is 13.8. The molecular formula is C14H24N2O2. The van der Waals surface area contributed by atoms with E-state index in [0.29, 0.717) is 12.8 Å². The lowest BCUT2D eigenvalue weighted by Gasteiger charge is -2.30. The van der Waals surface area contributed by atoms with Crippen LogP contribution in [0.2, 0.25) is 0 Å². The molecule has 1 N–H and O–H groups in total. The van der Waals surface area contributed by atoms with Gasteiger partial charge < -0.3 is 10.1 Å². The summed E-state index contributed by atoms with van der Waals surface area (Å²) in [6.07, 6.45) is 6.92. The molecule has 1 aliphatic rings. The van der Waals surface area contributed by atoms with Crippen LogP contribution in [-0.4, -0.2) is 36.4 Å². The summed E-state index contributed by atoms with van der Waals surface area (Å²) in [6.45, 7) is 7.70. The van der Waals surface area contributed by atoms with E-state index in [1.165, 1.54) is 0 Å². The Labute approximate surface area is 110 Å². The minimum atomic E-state index is -0.415. The van der Waals surface area contributed by atoms with E-state index in [-0.39, 0.29) is 17.6 Å². The van der Waals surface area contributed by atoms with Gasteiger partial charge in [-0.3, -0.25) is 9.79 Å². The van der Waals surface area contributed by atoms with Gasteiger partial charge in [-0.1, -0.05) is 6.08 Å². The highest BCUT2D eigenvalue weighted by atomic mass is 16.6. The smallest absolute Gasteiger partial charge is 0.306 e. The third-order valence-electron chi connectivity index (χ3n) is 2.98. The molecule has 0 fully saturated rings. The van der Waals surface area contributed by atoms with Crippen molar-refractivity contribution in [2.24, 2.45) is 4.99 Å². The van der Waals surface area contributed by atoms with Gasteiger partial charge in [0.1, 0.15) is 5.60 Å². The first-order valence-corrected chi connectivity index (χ1v) is 6.39. The van der Waals surface area contributed by atoms with Crippen LogP contribution < -0.4 is 5.32 Å². The predicted molar refractivity (Wildman–Crippen MR) is 74.0 cm³/mol. The van der Waals surface area contributed by atoms with Crippen molar-refractivity contribution >= 4 is 12.2 Å². The van der Waals surface area contributed by atoms with Crippen LogP contribution in [0.4, 0.5) is 0 Å². The molecule has 0 aromatic heterocycles. The average Bonchev–Trinajstić information content (AvgIpc) is 2.64.